The zero-order valence-electron chi connectivity index (χ0n) is 25.9. The van der Waals surface area contributed by atoms with Crippen LogP contribution in [0.1, 0.15) is 35.1 Å². The Morgan fingerprint density at radius 1 is 0.681 bits per heavy atom. The quantitative estimate of drug-likeness (QED) is 0.124. The van der Waals surface area contributed by atoms with Gasteiger partial charge < -0.3 is 30.9 Å². The highest BCUT2D eigenvalue weighted by atomic mass is 16.5. The van der Waals surface area contributed by atoms with Gasteiger partial charge in [0.15, 0.2) is 0 Å². The molecule has 47 heavy (non-hydrogen) atoms. The Morgan fingerprint density at radius 2 is 1.34 bits per heavy atom. The second-order valence-electron chi connectivity index (χ2n) is 11.1. The first-order valence-corrected chi connectivity index (χ1v) is 15.1. The molecule has 5 N–H and O–H groups in total. The SMILES string of the molecule is COc1ccc(CNC(=O)[C@H](CCC(=O)O)NC(=O)[C@H](Cc2ccc(CC(=O)O)cc2)NC(=O)Cc2cccc3ccccc23)cc1. The largest absolute Gasteiger partial charge is 0.497 e. The standard InChI is InChI=1S/C36H37N3O8/c1-47-28-15-13-25(14-16-28)22-37-35(45)30(17-18-33(41)42)39-36(46)31(19-23-9-11-24(12-10-23)20-34(43)44)38-32(40)21-27-7-4-6-26-5-2-3-8-29(26)27/h2-16,30-31H,17-22H2,1H3,(H,37,45)(H,38,40)(H,39,46)(H,41,42)(H,43,44)/t30-,31-/m0/s1. The average Bonchev–Trinajstić information content (AvgIpc) is 3.06. The lowest BCUT2D eigenvalue weighted by Crippen LogP contribution is -2.54. The fourth-order valence-electron chi connectivity index (χ4n) is 5.14. The fraction of sp³-hybridized carbons (Fsp3) is 0.250. The number of carbonyl (C=O) groups excluding carboxylic acids is 3. The summed E-state index contributed by atoms with van der Waals surface area (Å²) >= 11 is 0. The van der Waals surface area contributed by atoms with Crippen LogP contribution in [0.3, 0.4) is 0 Å². The number of ether oxygens (including phenoxy) is 1. The lowest BCUT2D eigenvalue weighted by molar-refractivity contribution is -0.138. The number of hydrogen-bond acceptors (Lipinski definition) is 6. The molecule has 0 aliphatic carbocycles. The second kappa shape index (κ2) is 16.6. The van der Waals surface area contributed by atoms with Crippen LogP contribution in [0.15, 0.2) is 91.0 Å². The van der Waals surface area contributed by atoms with Gasteiger partial charge in [-0.25, -0.2) is 0 Å². The number of methoxy groups -OCH3 is 1. The maximum absolute atomic E-state index is 13.7. The van der Waals surface area contributed by atoms with Crippen LogP contribution in [-0.4, -0.2) is 59.1 Å². The summed E-state index contributed by atoms with van der Waals surface area (Å²) in [7, 11) is 1.54. The molecule has 11 heteroatoms. The van der Waals surface area contributed by atoms with Gasteiger partial charge in [-0.1, -0.05) is 78.9 Å². The van der Waals surface area contributed by atoms with Crippen LogP contribution in [0, 0.1) is 0 Å². The van der Waals surface area contributed by atoms with E-state index in [0.717, 1.165) is 21.9 Å². The van der Waals surface area contributed by atoms with E-state index < -0.39 is 41.7 Å². The maximum Gasteiger partial charge on any atom is 0.307 e. The van der Waals surface area contributed by atoms with Crippen molar-refractivity contribution in [1.82, 2.24) is 16.0 Å². The Morgan fingerprint density at radius 3 is 2.02 bits per heavy atom. The molecular formula is C36H37N3O8. The van der Waals surface area contributed by atoms with Gasteiger partial charge >= 0.3 is 11.9 Å². The third-order valence-corrected chi connectivity index (χ3v) is 7.61. The summed E-state index contributed by atoms with van der Waals surface area (Å²) in [6.45, 7) is 0.135. The van der Waals surface area contributed by atoms with Gasteiger partial charge in [-0.05, 0) is 51.6 Å². The van der Waals surface area contributed by atoms with E-state index in [1.807, 2.05) is 42.5 Å². The molecule has 0 aliphatic heterocycles. The Hall–Kier alpha value is -5.71. The molecule has 0 saturated carbocycles. The zero-order chi connectivity index (χ0) is 33.8. The normalized spacial score (nSPS) is 12.0. The van der Waals surface area contributed by atoms with Crippen molar-refractivity contribution in [2.75, 3.05) is 7.11 Å². The van der Waals surface area contributed by atoms with Crippen LogP contribution in [0.2, 0.25) is 0 Å². The van der Waals surface area contributed by atoms with Crippen molar-refractivity contribution in [3.05, 3.63) is 113 Å². The average molecular weight is 640 g/mol. The minimum absolute atomic E-state index is 0.00648. The van der Waals surface area contributed by atoms with Crippen molar-refractivity contribution in [2.24, 2.45) is 0 Å². The number of nitrogens with one attached hydrogen (secondary N) is 3. The molecule has 0 unspecified atom stereocenters. The van der Waals surface area contributed by atoms with Crippen molar-refractivity contribution in [3.8, 4) is 5.75 Å². The van der Waals surface area contributed by atoms with E-state index in [2.05, 4.69) is 16.0 Å². The predicted octanol–water partition coefficient (Wildman–Crippen LogP) is 3.41. The summed E-state index contributed by atoms with van der Waals surface area (Å²) < 4.78 is 5.15. The molecule has 3 amide bonds. The first kappa shape index (κ1) is 34.2. The lowest BCUT2D eigenvalue weighted by Gasteiger charge is -2.23. The van der Waals surface area contributed by atoms with E-state index in [1.165, 1.54) is 0 Å². The first-order valence-electron chi connectivity index (χ1n) is 15.1. The third-order valence-electron chi connectivity index (χ3n) is 7.61. The van der Waals surface area contributed by atoms with Crippen LogP contribution in [-0.2, 0) is 49.8 Å². The second-order valence-corrected chi connectivity index (χ2v) is 11.1. The Bertz CT molecular complexity index is 1720. The van der Waals surface area contributed by atoms with Crippen LogP contribution >= 0.6 is 0 Å². The van der Waals surface area contributed by atoms with Crippen molar-refractivity contribution in [2.45, 2.75) is 50.7 Å². The number of aliphatic carboxylic acids is 2. The topological polar surface area (TPSA) is 171 Å². The molecule has 0 bridgehead atoms. The number of fused-ring (bicyclic) bond motifs is 1. The molecule has 4 aromatic carbocycles. The van der Waals surface area contributed by atoms with Gasteiger partial charge in [0.2, 0.25) is 17.7 Å². The number of hydrogen-bond donors (Lipinski definition) is 5. The van der Waals surface area contributed by atoms with E-state index >= 15 is 0 Å². The van der Waals surface area contributed by atoms with Crippen LogP contribution in [0.25, 0.3) is 10.8 Å². The molecule has 244 valence electrons. The molecule has 0 heterocycles. The molecule has 0 aliphatic rings. The van der Waals surface area contributed by atoms with E-state index in [0.29, 0.717) is 16.9 Å². The summed E-state index contributed by atoms with van der Waals surface area (Å²) in [5.41, 5.74) is 2.77. The monoisotopic (exact) mass is 639 g/mol. The van der Waals surface area contributed by atoms with Crippen LogP contribution in [0.5, 0.6) is 5.75 Å². The molecule has 0 fully saturated rings. The minimum Gasteiger partial charge on any atom is -0.497 e. The fourth-order valence-corrected chi connectivity index (χ4v) is 5.14. The highest BCUT2D eigenvalue weighted by molar-refractivity contribution is 5.94. The molecule has 4 rings (SSSR count). The van der Waals surface area contributed by atoms with Gasteiger partial charge in [-0.2, -0.15) is 0 Å². The molecular weight excluding hydrogens is 602 g/mol. The lowest BCUT2D eigenvalue weighted by atomic mass is 10.00. The van der Waals surface area contributed by atoms with E-state index in [4.69, 9.17) is 9.84 Å². The van der Waals surface area contributed by atoms with Crippen LogP contribution in [0.4, 0.5) is 0 Å². The summed E-state index contributed by atoms with van der Waals surface area (Å²) in [6.07, 6.45) is -0.671. The Labute approximate surface area is 271 Å². The van der Waals surface area contributed by atoms with E-state index in [9.17, 15) is 29.1 Å². The number of carboxylic acids is 2. The number of amides is 3. The van der Waals surface area contributed by atoms with Gasteiger partial charge in [0.05, 0.1) is 20.0 Å². The van der Waals surface area contributed by atoms with Crippen molar-refractivity contribution in [1.29, 1.82) is 0 Å². The van der Waals surface area contributed by atoms with E-state index in [1.54, 1.807) is 55.6 Å². The molecule has 11 nitrogen and oxygen atoms in total. The maximum atomic E-state index is 13.7. The number of carboxylic acid groups (broad SMARTS) is 2. The molecule has 0 aromatic heterocycles. The van der Waals surface area contributed by atoms with Gasteiger partial charge in [-0.15, -0.1) is 0 Å². The summed E-state index contributed by atoms with van der Waals surface area (Å²) in [5.74, 6) is -3.12. The van der Waals surface area contributed by atoms with Crippen molar-refractivity contribution in [3.63, 3.8) is 0 Å². The van der Waals surface area contributed by atoms with Gasteiger partial charge in [0.1, 0.15) is 17.8 Å². The summed E-state index contributed by atoms with van der Waals surface area (Å²) in [6, 6.07) is 24.6. The summed E-state index contributed by atoms with van der Waals surface area (Å²) in [4.78, 5) is 62.8. The molecule has 4 aromatic rings. The first-order chi connectivity index (χ1) is 22.6. The highest BCUT2D eigenvalue weighted by Gasteiger charge is 2.28. The van der Waals surface area contributed by atoms with Crippen LogP contribution < -0.4 is 20.7 Å². The van der Waals surface area contributed by atoms with Gasteiger partial charge in [0, 0.05) is 19.4 Å². The molecule has 0 spiro atoms. The predicted molar refractivity (Wildman–Crippen MR) is 175 cm³/mol. The number of rotatable bonds is 16. The Kier molecular flexibility index (Phi) is 12.0. The molecule has 0 saturated heterocycles. The minimum atomic E-state index is -1.19. The van der Waals surface area contributed by atoms with Gasteiger partial charge in [0.25, 0.3) is 0 Å². The van der Waals surface area contributed by atoms with E-state index in [-0.39, 0.29) is 38.6 Å². The highest BCUT2D eigenvalue weighted by Crippen LogP contribution is 2.19. The third kappa shape index (κ3) is 10.4. The molecule has 0 radical (unpaired) electrons. The van der Waals surface area contributed by atoms with Crippen molar-refractivity contribution < 1.29 is 38.9 Å². The van der Waals surface area contributed by atoms with Gasteiger partial charge in [-0.3, -0.25) is 24.0 Å². The smallest absolute Gasteiger partial charge is 0.307 e. The molecule has 2 atom stereocenters. The summed E-state index contributed by atoms with van der Waals surface area (Å²) in [5, 5.41) is 28.5. The number of benzene rings is 4. The zero-order valence-corrected chi connectivity index (χ0v) is 25.9. The van der Waals surface area contributed by atoms with Crippen molar-refractivity contribution >= 4 is 40.4 Å². The number of carbonyl (C=O) groups is 5. The Balaban J connectivity index is 1.52.